The highest BCUT2D eigenvalue weighted by molar-refractivity contribution is 5.95. The van der Waals surface area contributed by atoms with Gasteiger partial charge >= 0.3 is 0 Å². The van der Waals surface area contributed by atoms with Gasteiger partial charge in [0.2, 0.25) is 0 Å². The summed E-state index contributed by atoms with van der Waals surface area (Å²) in [6.07, 6.45) is 3.33. The summed E-state index contributed by atoms with van der Waals surface area (Å²) in [4.78, 5) is 51.1. The lowest BCUT2D eigenvalue weighted by atomic mass is 10.1. The summed E-state index contributed by atoms with van der Waals surface area (Å²) in [6.45, 7) is 3.96. The van der Waals surface area contributed by atoms with Crippen LogP contribution in [0, 0.1) is 0 Å². The summed E-state index contributed by atoms with van der Waals surface area (Å²) in [7, 11) is 1.58. The van der Waals surface area contributed by atoms with E-state index in [1.54, 1.807) is 64.1 Å². The molecule has 0 saturated carbocycles. The first kappa shape index (κ1) is 22.4. The van der Waals surface area contributed by atoms with Crippen LogP contribution < -0.4 is 10.3 Å². The Hall–Kier alpha value is -3.75. The van der Waals surface area contributed by atoms with Gasteiger partial charge in [0, 0.05) is 44.5 Å². The molecule has 0 spiro atoms. The molecule has 3 heterocycles. The summed E-state index contributed by atoms with van der Waals surface area (Å²) >= 11 is 0. The van der Waals surface area contributed by atoms with E-state index >= 15 is 0 Å². The predicted octanol–water partition coefficient (Wildman–Crippen LogP) is 2.20. The molecule has 1 saturated heterocycles. The lowest BCUT2D eigenvalue weighted by Gasteiger charge is -2.34. The second-order valence-electron chi connectivity index (χ2n) is 7.93. The van der Waals surface area contributed by atoms with Crippen LogP contribution in [0.2, 0.25) is 0 Å². The summed E-state index contributed by atoms with van der Waals surface area (Å²) in [5, 5.41) is 0. The molecule has 0 aliphatic carbocycles. The van der Waals surface area contributed by atoms with Crippen LogP contribution in [0.3, 0.4) is 0 Å². The molecular weight excluding hydrogens is 422 g/mol. The van der Waals surface area contributed by atoms with E-state index in [0.29, 0.717) is 55.2 Å². The van der Waals surface area contributed by atoms with Gasteiger partial charge in [-0.2, -0.15) is 0 Å². The van der Waals surface area contributed by atoms with Gasteiger partial charge in [-0.15, -0.1) is 0 Å². The summed E-state index contributed by atoms with van der Waals surface area (Å²) in [5.74, 6) is 0.179. The Bertz CT molecular complexity index is 1210. The van der Waals surface area contributed by atoms with Crippen LogP contribution in [-0.2, 0) is 6.54 Å². The number of aryl methyl sites for hydroxylation is 1. The minimum absolute atomic E-state index is 0.0958. The molecule has 1 fully saturated rings. The topological polar surface area (TPSA) is 97.6 Å². The molecule has 0 unspecified atom stereocenters. The van der Waals surface area contributed by atoms with E-state index in [4.69, 9.17) is 4.74 Å². The van der Waals surface area contributed by atoms with Crippen LogP contribution in [0.4, 0.5) is 0 Å². The quantitative estimate of drug-likeness (QED) is 0.572. The molecule has 9 heteroatoms. The van der Waals surface area contributed by atoms with Crippen molar-refractivity contribution in [2.45, 2.75) is 26.3 Å². The molecule has 33 heavy (non-hydrogen) atoms. The van der Waals surface area contributed by atoms with Crippen molar-refractivity contribution in [3.05, 3.63) is 64.2 Å². The van der Waals surface area contributed by atoms with Crippen LogP contribution in [0.25, 0.3) is 11.2 Å². The number of hydrogen-bond donors (Lipinski definition) is 0. The molecule has 172 valence electrons. The van der Waals surface area contributed by atoms with Gasteiger partial charge in [-0.25, -0.2) is 9.97 Å². The van der Waals surface area contributed by atoms with E-state index in [0.717, 1.165) is 12.8 Å². The lowest BCUT2D eigenvalue weighted by molar-refractivity contribution is 0.0531. The monoisotopic (exact) mass is 449 g/mol. The Morgan fingerprint density at radius 3 is 2.30 bits per heavy atom. The van der Waals surface area contributed by atoms with Crippen molar-refractivity contribution in [3.63, 3.8) is 0 Å². The van der Waals surface area contributed by atoms with Crippen molar-refractivity contribution < 1.29 is 14.3 Å². The normalized spacial score (nSPS) is 13.9. The van der Waals surface area contributed by atoms with Gasteiger partial charge in [0.25, 0.3) is 17.4 Å². The molecule has 9 nitrogen and oxygen atoms in total. The number of methoxy groups -OCH3 is 1. The van der Waals surface area contributed by atoms with Gasteiger partial charge in [-0.05, 0) is 42.8 Å². The highest BCUT2D eigenvalue weighted by atomic mass is 16.5. The molecule has 0 N–H and O–H groups in total. The maximum Gasteiger partial charge on any atom is 0.283 e. The minimum Gasteiger partial charge on any atom is -0.497 e. The number of rotatable bonds is 6. The average molecular weight is 450 g/mol. The molecule has 0 bridgehead atoms. The number of benzene rings is 1. The number of fused-ring (bicyclic) bond motifs is 1. The van der Waals surface area contributed by atoms with E-state index in [9.17, 15) is 14.4 Å². The number of amides is 2. The first-order valence-electron chi connectivity index (χ1n) is 11.1. The van der Waals surface area contributed by atoms with Crippen molar-refractivity contribution in [2.75, 3.05) is 33.3 Å². The third-order valence-electron chi connectivity index (χ3n) is 5.83. The van der Waals surface area contributed by atoms with E-state index in [1.807, 2.05) is 6.92 Å². The maximum absolute atomic E-state index is 13.2. The van der Waals surface area contributed by atoms with Gasteiger partial charge in [0.05, 0.1) is 7.11 Å². The number of unbranched alkanes of at least 4 members (excludes halogenated alkanes) is 1. The smallest absolute Gasteiger partial charge is 0.283 e. The molecule has 4 rings (SSSR count). The predicted molar refractivity (Wildman–Crippen MR) is 124 cm³/mol. The lowest BCUT2D eigenvalue weighted by Crippen LogP contribution is -2.51. The zero-order valence-corrected chi connectivity index (χ0v) is 18.9. The highest BCUT2D eigenvalue weighted by Crippen LogP contribution is 2.15. The Morgan fingerprint density at radius 2 is 1.67 bits per heavy atom. The van der Waals surface area contributed by atoms with Crippen LogP contribution >= 0.6 is 0 Å². The molecule has 0 atom stereocenters. The molecule has 1 aliphatic heterocycles. The number of pyridine rings is 1. The Balaban J connectivity index is 1.51. The molecule has 0 radical (unpaired) electrons. The molecule has 2 aromatic heterocycles. The zero-order chi connectivity index (χ0) is 23.4. The van der Waals surface area contributed by atoms with Crippen LogP contribution in [0.5, 0.6) is 5.75 Å². The summed E-state index contributed by atoms with van der Waals surface area (Å²) < 4.78 is 6.68. The SMILES string of the molecule is CCCCn1c(=O)c(C(=O)N2CCN(C(=O)c3ccc(OC)cc3)CC2)nc2cccnc21. The maximum atomic E-state index is 13.2. The number of aromatic nitrogens is 3. The standard InChI is InChI=1S/C24H27N5O4/c1-3-4-12-29-21-19(6-5-11-25-21)26-20(24(29)32)23(31)28-15-13-27(14-16-28)22(30)17-7-9-18(33-2)10-8-17/h5-11H,3-4,12-16H2,1-2H3. The Kier molecular flexibility index (Phi) is 6.67. The second kappa shape index (κ2) is 9.81. The van der Waals surface area contributed by atoms with Crippen molar-refractivity contribution >= 4 is 23.0 Å². The number of nitrogens with zero attached hydrogens (tertiary/aromatic N) is 5. The number of ether oxygens (including phenoxy) is 1. The number of carbonyl (C=O) groups is 2. The Labute approximate surface area is 191 Å². The van der Waals surface area contributed by atoms with Crippen LogP contribution in [0.15, 0.2) is 47.4 Å². The van der Waals surface area contributed by atoms with Crippen molar-refractivity contribution in [2.24, 2.45) is 0 Å². The average Bonchev–Trinajstić information content (AvgIpc) is 2.87. The largest absolute Gasteiger partial charge is 0.497 e. The Morgan fingerprint density at radius 1 is 1.00 bits per heavy atom. The van der Waals surface area contributed by atoms with Gasteiger partial charge in [-0.1, -0.05) is 13.3 Å². The first-order chi connectivity index (χ1) is 16.0. The van der Waals surface area contributed by atoms with Gasteiger partial charge in [0.15, 0.2) is 11.3 Å². The van der Waals surface area contributed by atoms with E-state index in [2.05, 4.69) is 9.97 Å². The zero-order valence-electron chi connectivity index (χ0n) is 18.9. The fourth-order valence-corrected chi connectivity index (χ4v) is 3.92. The molecule has 2 amide bonds. The third-order valence-corrected chi connectivity index (χ3v) is 5.83. The number of carbonyl (C=O) groups excluding carboxylic acids is 2. The van der Waals surface area contributed by atoms with Crippen molar-refractivity contribution in [3.8, 4) is 5.75 Å². The van der Waals surface area contributed by atoms with Crippen LogP contribution in [-0.4, -0.2) is 69.4 Å². The molecule has 1 aliphatic rings. The molecule has 3 aromatic rings. The fourth-order valence-electron chi connectivity index (χ4n) is 3.92. The van der Waals surface area contributed by atoms with E-state index < -0.39 is 11.5 Å². The fraction of sp³-hybridized carbons (Fsp3) is 0.375. The van der Waals surface area contributed by atoms with Crippen molar-refractivity contribution in [1.82, 2.24) is 24.3 Å². The highest BCUT2D eigenvalue weighted by Gasteiger charge is 2.28. The van der Waals surface area contributed by atoms with Crippen LogP contribution in [0.1, 0.15) is 40.6 Å². The number of hydrogen-bond acceptors (Lipinski definition) is 6. The van der Waals surface area contributed by atoms with Gasteiger partial charge < -0.3 is 14.5 Å². The molecular formula is C24H27N5O4. The molecule has 1 aromatic carbocycles. The van der Waals surface area contributed by atoms with Gasteiger partial charge in [0.1, 0.15) is 11.3 Å². The van der Waals surface area contributed by atoms with Gasteiger partial charge in [-0.3, -0.25) is 19.0 Å². The summed E-state index contributed by atoms with van der Waals surface area (Å²) in [6, 6.07) is 10.4. The minimum atomic E-state index is -0.420. The van der Waals surface area contributed by atoms with E-state index in [1.165, 1.54) is 0 Å². The summed E-state index contributed by atoms with van der Waals surface area (Å²) in [5.41, 5.74) is 1.06. The second-order valence-corrected chi connectivity index (χ2v) is 7.93. The van der Waals surface area contributed by atoms with Crippen molar-refractivity contribution in [1.29, 1.82) is 0 Å². The first-order valence-corrected chi connectivity index (χ1v) is 11.1. The number of piperazine rings is 1. The third kappa shape index (κ3) is 4.57. The van der Waals surface area contributed by atoms with E-state index in [-0.39, 0.29) is 11.6 Å².